The van der Waals surface area contributed by atoms with Crippen LogP contribution in [0, 0.1) is 0 Å². The van der Waals surface area contributed by atoms with E-state index in [1.165, 1.54) is 12.8 Å². The molecular weight excluding hydrogens is 318 g/mol. The van der Waals surface area contributed by atoms with Crippen LogP contribution in [-0.2, 0) is 6.54 Å². The van der Waals surface area contributed by atoms with Crippen LogP contribution in [0.2, 0.25) is 0 Å². The molecule has 1 N–H and O–H groups in total. The summed E-state index contributed by atoms with van der Waals surface area (Å²) in [6, 6.07) is 6.53. The van der Waals surface area contributed by atoms with Gasteiger partial charge in [0.25, 0.3) is 0 Å². The number of likely N-dealkylation sites (tertiary alicyclic amines) is 2. The van der Waals surface area contributed by atoms with Gasteiger partial charge in [-0.3, -0.25) is 0 Å². The second-order valence-electron chi connectivity index (χ2n) is 6.93. The van der Waals surface area contributed by atoms with E-state index in [1.54, 1.807) is 14.2 Å². The molecule has 0 saturated carbocycles. The lowest BCUT2D eigenvalue weighted by Crippen LogP contribution is -2.50. The molecule has 2 saturated heterocycles. The molecule has 1 aromatic rings. The summed E-state index contributed by atoms with van der Waals surface area (Å²) < 4.78 is 10.6. The molecular formula is C19H29N3O3. The Morgan fingerprint density at radius 2 is 1.92 bits per heavy atom. The third-order valence-corrected chi connectivity index (χ3v) is 5.51. The van der Waals surface area contributed by atoms with Gasteiger partial charge in [-0.25, -0.2) is 4.79 Å². The first-order valence-corrected chi connectivity index (χ1v) is 9.09. The van der Waals surface area contributed by atoms with Crippen molar-refractivity contribution in [2.45, 2.75) is 44.3 Å². The summed E-state index contributed by atoms with van der Waals surface area (Å²) in [7, 11) is 5.44. The van der Waals surface area contributed by atoms with E-state index in [1.807, 2.05) is 23.1 Å². The number of benzene rings is 1. The van der Waals surface area contributed by atoms with Crippen molar-refractivity contribution < 1.29 is 14.3 Å². The number of rotatable bonds is 5. The predicted octanol–water partition coefficient (Wildman–Crippen LogP) is 2.47. The quantitative estimate of drug-likeness (QED) is 0.889. The molecule has 2 amide bonds. The molecule has 6 nitrogen and oxygen atoms in total. The van der Waals surface area contributed by atoms with Crippen LogP contribution in [0.15, 0.2) is 18.2 Å². The number of amides is 2. The standard InChI is InChI=1S/C19H29N3O3/c1-21-10-4-6-16(21)17-7-5-11-22(17)19(23)20-13-14-8-9-15(24-2)12-18(14)25-3/h8-9,12,16-17H,4-7,10-11,13H2,1-3H3,(H,20,23). The summed E-state index contributed by atoms with van der Waals surface area (Å²) >= 11 is 0. The molecule has 2 fully saturated rings. The Balaban J connectivity index is 1.62. The minimum atomic E-state index is 0.0284. The number of hydrogen-bond acceptors (Lipinski definition) is 4. The highest BCUT2D eigenvalue weighted by Crippen LogP contribution is 2.29. The highest BCUT2D eigenvalue weighted by Gasteiger charge is 2.38. The molecule has 2 heterocycles. The van der Waals surface area contributed by atoms with Gasteiger partial charge in [0.1, 0.15) is 11.5 Å². The van der Waals surface area contributed by atoms with Crippen molar-refractivity contribution in [2.75, 3.05) is 34.4 Å². The molecule has 138 valence electrons. The number of carbonyl (C=O) groups is 1. The van der Waals surface area contributed by atoms with Crippen molar-refractivity contribution in [2.24, 2.45) is 0 Å². The minimum Gasteiger partial charge on any atom is -0.497 e. The number of likely N-dealkylation sites (N-methyl/N-ethyl adjacent to an activating group) is 1. The largest absolute Gasteiger partial charge is 0.497 e. The lowest BCUT2D eigenvalue weighted by Gasteiger charge is -2.33. The number of carbonyl (C=O) groups excluding carboxylic acids is 1. The molecule has 2 atom stereocenters. The summed E-state index contributed by atoms with van der Waals surface area (Å²) in [5, 5.41) is 3.07. The third kappa shape index (κ3) is 3.84. The van der Waals surface area contributed by atoms with Gasteiger partial charge in [0, 0.05) is 36.8 Å². The van der Waals surface area contributed by atoms with Gasteiger partial charge < -0.3 is 24.6 Å². The van der Waals surface area contributed by atoms with E-state index in [-0.39, 0.29) is 6.03 Å². The normalized spacial score (nSPS) is 23.7. The molecule has 1 aromatic carbocycles. The van der Waals surface area contributed by atoms with E-state index in [4.69, 9.17) is 9.47 Å². The Morgan fingerprint density at radius 3 is 2.60 bits per heavy atom. The summed E-state index contributed by atoms with van der Waals surface area (Å²) in [6.07, 6.45) is 4.62. The van der Waals surface area contributed by atoms with Crippen LogP contribution >= 0.6 is 0 Å². The highest BCUT2D eigenvalue weighted by atomic mass is 16.5. The first-order valence-electron chi connectivity index (χ1n) is 9.09. The minimum absolute atomic E-state index is 0.0284. The van der Waals surface area contributed by atoms with Crippen LogP contribution < -0.4 is 14.8 Å². The number of methoxy groups -OCH3 is 2. The Hall–Kier alpha value is -1.95. The van der Waals surface area contributed by atoms with Crippen molar-refractivity contribution in [3.8, 4) is 11.5 Å². The van der Waals surface area contributed by atoms with Gasteiger partial charge in [0.15, 0.2) is 0 Å². The molecule has 6 heteroatoms. The average molecular weight is 347 g/mol. The van der Waals surface area contributed by atoms with Gasteiger partial charge in [-0.05, 0) is 51.4 Å². The van der Waals surface area contributed by atoms with Gasteiger partial charge in [-0.15, -0.1) is 0 Å². The molecule has 2 unspecified atom stereocenters. The second-order valence-corrected chi connectivity index (χ2v) is 6.93. The van der Waals surface area contributed by atoms with E-state index >= 15 is 0 Å². The fourth-order valence-corrected chi connectivity index (χ4v) is 4.14. The molecule has 0 aliphatic carbocycles. The smallest absolute Gasteiger partial charge is 0.317 e. The zero-order valence-electron chi connectivity index (χ0n) is 15.5. The van der Waals surface area contributed by atoms with Crippen molar-refractivity contribution in [1.82, 2.24) is 15.1 Å². The second kappa shape index (κ2) is 7.95. The molecule has 3 rings (SSSR count). The summed E-state index contributed by atoms with van der Waals surface area (Å²) in [5.74, 6) is 1.48. The third-order valence-electron chi connectivity index (χ3n) is 5.51. The van der Waals surface area contributed by atoms with Crippen molar-refractivity contribution in [1.29, 1.82) is 0 Å². The maximum Gasteiger partial charge on any atom is 0.317 e. The van der Waals surface area contributed by atoms with Crippen LogP contribution in [-0.4, -0.2) is 62.3 Å². The van der Waals surface area contributed by atoms with Crippen LogP contribution in [0.5, 0.6) is 11.5 Å². The Bertz CT molecular complexity index is 608. The van der Waals surface area contributed by atoms with E-state index in [0.717, 1.165) is 43.0 Å². The average Bonchev–Trinajstić information content (AvgIpc) is 3.27. The topological polar surface area (TPSA) is 54.0 Å². The molecule has 0 aromatic heterocycles. The summed E-state index contributed by atoms with van der Waals surface area (Å²) in [5.41, 5.74) is 0.949. The Morgan fingerprint density at radius 1 is 1.16 bits per heavy atom. The lowest BCUT2D eigenvalue weighted by molar-refractivity contribution is 0.153. The molecule has 2 aliphatic heterocycles. The van der Waals surface area contributed by atoms with Gasteiger partial charge in [-0.2, -0.15) is 0 Å². The van der Waals surface area contributed by atoms with Crippen molar-refractivity contribution in [3.63, 3.8) is 0 Å². The van der Waals surface area contributed by atoms with E-state index in [9.17, 15) is 4.79 Å². The molecule has 25 heavy (non-hydrogen) atoms. The fraction of sp³-hybridized carbons (Fsp3) is 0.632. The highest BCUT2D eigenvalue weighted by molar-refractivity contribution is 5.75. The lowest BCUT2D eigenvalue weighted by atomic mass is 10.0. The SMILES string of the molecule is COc1ccc(CNC(=O)N2CCCC2C2CCCN2C)c(OC)c1. The van der Waals surface area contributed by atoms with Gasteiger partial charge in [0.2, 0.25) is 0 Å². The van der Waals surface area contributed by atoms with Crippen LogP contribution in [0.25, 0.3) is 0 Å². The Kier molecular flexibility index (Phi) is 5.68. The monoisotopic (exact) mass is 347 g/mol. The molecule has 0 spiro atoms. The van der Waals surface area contributed by atoms with Gasteiger partial charge in [-0.1, -0.05) is 0 Å². The maximum absolute atomic E-state index is 12.7. The Labute approximate surface area is 150 Å². The number of nitrogens with zero attached hydrogens (tertiary/aromatic N) is 2. The molecule has 2 aliphatic rings. The van der Waals surface area contributed by atoms with Crippen molar-refractivity contribution >= 4 is 6.03 Å². The van der Waals surface area contributed by atoms with E-state index in [0.29, 0.717) is 18.6 Å². The predicted molar refractivity (Wildman–Crippen MR) is 97.2 cm³/mol. The van der Waals surface area contributed by atoms with Crippen LogP contribution in [0.1, 0.15) is 31.2 Å². The molecule has 0 radical (unpaired) electrons. The van der Waals surface area contributed by atoms with E-state index < -0.39 is 0 Å². The van der Waals surface area contributed by atoms with Gasteiger partial charge >= 0.3 is 6.03 Å². The van der Waals surface area contributed by atoms with Gasteiger partial charge in [0.05, 0.1) is 14.2 Å². The maximum atomic E-state index is 12.7. The number of hydrogen-bond donors (Lipinski definition) is 1. The first kappa shape index (κ1) is 17.9. The zero-order valence-corrected chi connectivity index (χ0v) is 15.5. The van der Waals surface area contributed by atoms with Crippen molar-refractivity contribution in [3.05, 3.63) is 23.8 Å². The summed E-state index contributed by atoms with van der Waals surface area (Å²) in [6.45, 7) is 2.44. The van der Waals surface area contributed by atoms with Crippen LogP contribution in [0.4, 0.5) is 4.79 Å². The fourth-order valence-electron chi connectivity index (χ4n) is 4.14. The van der Waals surface area contributed by atoms with E-state index in [2.05, 4.69) is 17.3 Å². The number of ether oxygens (including phenoxy) is 2. The molecule has 0 bridgehead atoms. The van der Waals surface area contributed by atoms with Crippen LogP contribution in [0.3, 0.4) is 0 Å². The first-order chi connectivity index (χ1) is 12.1. The number of urea groups is 1. The zero-order chi connectivity index (χ0) is 17.8. The summed E-state index contributed by atoms with van der Waals surface area (Å²) in [4.78, 5) is 17.2. The number of nitrogens with one attached hydrogen (secondary N) is 1.